The van der Waals surface area contributed by atoms with E-state index in [1.54, 1.807) is 0 Å². The fourth-order valence-electron chi connectivity index (χ4n) is 0. The monoisotopic (exact) mass is 200 g/mol. The van der Waals surface area contributed by atoms with Crippen molar-refractivity contribution in [1.29, 1.82) is 0 Å². The molecule has 0 fully saturated rings. The summed E-state index contributed by atoms with van der Waals surface area (Å²) in [4.78, 5) is 18.6. The summed E-state index contributed by atoms with van der Waals surface area (Å²) in [5.41, 5.74) is 0. The van der Waals surface area contributed by atoms with Crippen LogP contribution in [0.5, 0.6) is 0 Å². The molecule has 0 amide bonds. The van der Waals surface area contributed by atoms with Gasteiger partial charge in [0.15, 0.2) is 4.69 Å². The molecule has 0 spiro atoms. The molecule has 48 valence electrons. The molecule has 0 atom stereocenters. The lowest BCUT2D eigenvalue weighted by molar-refractivity contribution is -0.110. The molecule has 0 saturated heterocycles. The molecular formula is C4H6BrClO2. The van der Waals surface area contributed by atoms with Crippen LogP contribution in [0.25, 0.3) is 0 Å². The molecule has 0 rings (SSSR count). The maximum Gasteiger partial charge on any atom is 0.218 e. The van der Waals surface area contributed by atoms with Gasteiger partial charge < -0.3 is 0 Å². The Labute approximate surface area is 61.3 Å². The van der Waals surface area contributed by atoms with E-state index in [2.05, 4.69) is 27.5 Å². The van der Waals surface area contributed by atoms with Gasteiger partial charge in [0.1, 0.15) is 0 Å². The van der Waals surface area contributed by atoms with Gasteiger partial charge in [-0.2, -0.15) is 0 Å². The third-order valence-electron chi connectivity index (χ3n) is 0. The van der Waals surface area contributed by atoms with E-state index in [4.69, 9.17) is 0 Å². The number of hydrogen-bond donors (Lipinski definition) is 0. The van der Waals surface area contributed by atoms with Crippen LogP contribution in [0.4, 0.5) is 0 Å². The van der Waals surface area contributed by atoms with Crippen molar-refractivity contribution in [2.75, 3.05) is 0 Å². The molecule has 0 aliphatic carbocycles. The van der Waals surface area contributed by atoms with Crippen LogP contribution in [-0.4, -0.2) is 9.93 Å². The molecule has 0 saturated carbocycles. The van der Waals surface area contributed by atoms with Crippen molar-refractivity contribution in [3.63, 3.8) is 0 Å². The quantitative estimate of drug-likeness (QED) is 0.559. The zero-order chi connectivity index (χ0) is 7.15. The highest BCUT2D eigenvalue weighted by atomic mass is 79.9. The minimum atomic E-state index is -0.361. The standard InChI is InChI=1S/C2H3BrO.C2H3ClO/c2*1-2(3)4/h2*1H3. The van der Waals surface area contributed by atoms with E-state index < -0.39 is 0 Å². The van der Waals surface area contributed by atoms with E-state index in [9.17, 15) is 9.59 Å². The van der Waals surface area contributed by atoms with Gasteiger partial charge in [-0.05, 0) is 27.5 Å². The van der Waals surface area contributed by atoms with Crippen molar-refractivity contribution >= 4 is 37.5 Å². The van der Waals surface area contributed by atoms with Crippen molar-refractivity contribution in [3.05, 3.63) is 0 Å². The van der Waals surface area contributed by atoms with Crippen LogP contribution in [-0.2, 0) is 9.59 Å². The minimum Gasteiger partial charge on any atom is -0.287 e. The van der Waals surface area contributed by atoms with Gasteiger partial charge >= 0.3 is 0 Å². The summed E-state index contributed by atoms with van der Waals surface area (Å²) in [6.07, 6.45) is 0. The molecule has 0 aromatic carbocycles. The normalized spacial score (nSPS) is 6.50. The number of carbonyl (C=O) groups excluding carboxylic acids is 2. The maximum absolute atomic E-state index is 9.36. The Balaban J connectivity index is 0. The van der Waals surface area contributed by atoms with Crippen molar-refractivity contribution < 1.29 is 9.59 Å². The van der Waals surface area contributed by atoms with Crippen molar-refractivity contribution in [3.8, 4) is 0 Å². The van der Waals surface area contributed by atoms with Crippen molar-refractivity contribution in [1.82, 2.24) is 0 Å². The van der Waals surface area contributed by atoms with Gasteiger partial charge in [-0.15, -0.1) is 0 Å². The summed E-state index contributed by atoms with van der Waals surface area (Å²) in [6, 6.07) is 0. The van der Waals surface area contributed by atoms with E-state index in [0.29, 0.717) is 0 Å². The van der Waals surface area contributed by atoms with E-state index in [1.807, 2.05) is 0 Å². The summed E-state index contributed by atoms with van der Waals surface area (Å²) in [6.45, 7) is 2.74. The predicted octanol–water partition coefficient (Wildman–Crippen LogP) is 1.70. The number of hydrogen-bond acceptors (Lipinski definition) is 2. The zero-order valence-corrected chi connectivity index (χ0v) is 6.91. The lowest BCUT2D eigenvalue weighted by atomic mass is 10.9. The summed E-state index contributed by atoms with van der Waals surface area (Å²) in [7, 11) is 0. The summed E-state index contributed by atoms with van der Waals surface area (Å²) >= 11 is 7.27. The highest BCUT2D eigenvalue weighted by Gasteiger charge is 1.67. The highest BCUT2D eigenvalue weighted by molar-refractivity contribution is 9.18. The largest absolute Gasteiger partial charge is 0.287 e. The van der Waals surface area contributed by atoms with Crippen LogP contribution in [0.3, 0.4) is 0 Å². The first-order chi connectivity index (χ1) is 3.46. The lowest BCUT2D eigenvalue weighted by Crippen LogP contribution is -1.62. The number of rotatable bonds is 0. The van der Waals surface area contributed by atoms with Crippen LogP contribution in [0.2, 0.25) is 0 Å². The van der Waals surface area contributed by atoms with Gasteiger partial charge in [-0.25, -0.2) is 0 Å². The topological polar surface area (TPSA) is 34.1 Å². The first-order valence-electron chi connectivity index (χ1n) is 1.79. The molecule has 4 heteroatoms. The number of halogens is 2. The smallest absolute Gasteiger partial charge is 0.218 e. The number of carbonyl (C=O) groups is 2. The molecule has 0 bridgehead atoms. The third-order valence-corrected chi connectivity index (χ3v) is 0. The molecule has 2 nitrogen and oxygen atoms in total. The lowest BCUT2D eigenvalue weighted by Gasteiger charge is -1.52. The van der Waals surface area contributed by atoms with Gasteiger partial charge in [0.05, 0.1) is 0 Å². The molecule has 0 radical (unpaired) electrons. The first kappa shape index (κ1) is 11.0. The van der Waals surface area contributed by atoms with Gasteiger partial charge in [0.2, 0.25) is 5.24 Å². The van der Waals surface area contributed by atoms with Crippen molar-refractivity contribution in [2.45, 2.75) is 13.8 Å². The summed E-state index contributed by atoms with van der Waals surface area (Å²) < 4.78 is -0.0208. The second-order valence-electron chi connectivity index (χ2n) is 0.941. The third kappa shape index (κ3) is 13200. The second kappa shape index (κ2) is 7.11. The van der Waals surface area contributed by atoms with E-state index in [0.717, 1.165) is 0 Å². The molecule has 0 aromatic heterocycles. The fourth-order valence-corrected chi connectivity index (χ4v) is 0. The molecule has 0 aliphatic rings. The fraction of sp³-hybridized carbons (Fsp3) is 0.500. The van der Waals surface area contributed by atoms with Crippen LogP contribution in [0, 0.1) is 0 Å². The summed E-state index contributed by atoms with van der Waals surface area (Å²) in [5, 5.41) is -0.361. The van der Waals surface area contributed by atoms with Gasteiger partial charge in [-0.1, -0.05) is 0 Å². The van der Waals surface area contributed by atoms with Gasteiger partial charge in [0, 0.05) is 13.8 Å². The Bertz CT molecular complexity index is 72.0. The Kier molecular flexibility index (Phi) is 9.76. The van der Waals surface area contributed by atoms with Crippen molar-refractivity contribution in [2.24, 2.45) is 0 Å². The molecule has 0 unspecified atom stereocenters. The van der Waals surface area contributed by atoms with Gasteiger partial charge in [0.25, 0.3) is 0 Å². The van der Waals surface area contributed by atoms with Crippen LogP contribution in [0.15, 0.2) is 0 Å². The van der Waals surface area contributed by atoms with E-state index in [1.165, 1.54) is 13.8 Å². The van der Waals surface area contributed by atoms with Gasteiger partial charge in [-0.3, -0.25) is 9.59 Å². The average molecular weight is 201 g/mol. The molecular weight excluding hydrogens is 195 g/mol. The van der Waals surface area contributed by atoms with E-state index in [-0.39, 0.29) is 9.93 Å². The molecule has 0 aliphatic heterocycles. The highest BCUT2D eigenvalue weighted by Crippen LogP contribution is 1.74. The van der Waals surface area contributed by atoms with Crippen LogP contribution < -0.4 is 0 Å². The second-order valence-corrected chi connectivity index (χ2v) is 2.59. The van der Waals surface area contributed by atoms with Crippen LogP contribution in [0.1, 0.15) is 13.8 Å². The summed E-state index contributed by atoms with van der Waals surface area (Å²) in [5.74, 6) is 0. The first-order valence-corrected chi connectivity index (χ1v) is 2.96. The van der Waals surface area contributed by atoms with E-state index >= 15 is 0 Å². The molecule has 0 N–H and O–H groups in total. The van der Waals surface area contributed by atoms with Crippen LogP contribution >= 0.6 is 27.5 Å². The Morgan fingerprint density at radius 3 is 1.38 bits per heavy atom. The predicted molar refractivity (Wildman–Crippen MR) is 36.1 cm³/mol. The molecule has 0 heterocycles. The zero-order valence-electron chi connectivity index (χ0n) is 4.57. The molecule has 8 heavy (non-hydrogen) atoms. The minimum absolute atomic E-state index is 0.0208. The Hall–Kier alpha value is 0.110. The SMILES string of the molecule is CC(=O)Br.CC(=O)Cl. The molecule has 0 aromatic rings. The average Bonchev–Trinajstić information content (AvgIpc) is 1.25. The Morgan fingerprint density at radius 1 is 1.38 bits per heavy atom. The maximum atomic E-state index is 9.36. The Morgan fingerprint density at radius 2 is 1.38 bits per heavy atom.